The average molecular weight is 306 g/mol. The van der Waals surface area contributed by atoms with E-state index in [2.05, 4.69) is 5.10 Å². The van der Waals surface area contributed by atoms with Gasteiger partial charge in [-0.25, -0.2) is 0 Å². The van der Waals surface area contributed by atoms with Crippen LogP contribution in [0.15, 0.2) is 11.0 Å². The molecule has 0 N–H and O–H groups in total. The minimum atomic E-state index is -0.411. The number of rotatable bonds is 3. The second kappa shape index (κ2) is 8.11. The van der Waals surface area contributed by atoms with E-state index in [-0.39, 0.29) is 23.3 Å². The SMILES string of the molecule is COc1cn(C2CCCCCCCCC2)nc(C(C)=O)c1=O. The van der Waals surface area contributed by atoms with Crippen LogP contribution in [0.5, 0.6) is 5.75 Å². The summed E-state index contributed by atoms with van der Waals surface area (Å²) in [6, 6.07) is 0.241. The van der Waals surface area contributed by atoms with Crippen LogP contribution in [0.1, 0.15) is 81.2 Å². The van der Waals surface area contributed by atoms with E-state index < -0.39 is 5.43 Å². The Morgan fingerprint density at radius 3 is 2.18 bits per heavy atom. The number of aromatic nitrogens is 2. The minimum absolute atomic E-state index is 0.0172. The van der Waals surface area contributed by atoms with Gasteiger partial charge in [-0.2, -0.15) is 5.10 Å². The number of hydrogen-bond acceptors (Lipinski definition) is 4. The van der Waals surface area contributed by atoms with Gasteiger partial charge in [0.1, 0.15) is 0 Å². The summed E-state index contributed by atoms with van der Waals surface area (Å²) in [5, 5.41) is 4.31. The van der Waals surface area contributed by atoms with Crippen LogP contribution in [-0.2, 0) is 0 Å². The highest BCUT2D eigenvalue weighted by atomic mass is 16.5. The van der Waals surface area contributed by atoms with Crippen LogP contribution in [0.2, 0.25) is 0 Å². The van der Waals surface area contributed by atoms with Crippen molar-refractivity contribution in [3.8, 4) is 5.75 Å². The zero-order valence-electron chi connectivity index (χ0n) is 13.6. The monoisotopic (exact) mass is 306 g/mol. The average Bonchev–Trinajstić information content (AvgIpc) is 2.52. The fraction of sp³-hybridized carbons (Fsp3) is 0.706. The molecule has 0 atom stereocenters. The molecular weight excluding hydrogens is 280 g/mol. The van der Waals surface area contributed by atoms with Gasteiger partial charge in [-0.05, 0) is 12.8 Å². The highest BCUT2D eigenvalue weighted by Gasteiger charge is 2.18. The lowest BCUT2D eigenvalue weighted by molar-refractivity contribution is 0.100. The van der Waals surface area contributed by atoms with Gasteiger partial charge in [0.15, 0.2) is 17.2 Å². The Morgan fingerprint density at radius 1 is 1.14 bits per heavy atom. The molecule has 0 aliphatic heterocycles. The summed E-state index contributed by atoms with van der Waals surface area (Å²) in [4.78, 5) is 23.7. The molecule has 0 aromatic carbocycles. The highest BCUT2D eigenvalue weighted by molar-refractivity contribution is 5.92. The van der Waals surface area contributed by atoms with E-state index in [9.17, 15) is 9.59 Å². The summed E-state index contributed by atoms with van der Waals surface area (Å²) < 4.78 is 6.93. The largest absolute Gasteiger partial charge is 0.491 e. The lowest BCUT2D eigenvalue weighted by Gasteiger charge is -2.21. The maximum absolute atomic E-state index is 12.1. The van der Waals surface area contributed by atoms with E-state index in [0.29, 0.717) is 0 Å². The molecule has 122 valence electrons. The fourth-order valence-electron chi connectivity index (χ4n) is 3.10. The van der Waals surface area contributed by atoms with Crippen molar-refractivity contribution < 1.29 is 9.53 Å². The third-order valence-electron chi connectivity index (χ3n) is 4.41. The second-order valence-electron chi connectivity index (χ2n) is 6.12. The molecule has 5 heteroatoms. The molecule has 1 aromatic rings. The maximum atomic E-state index is 12.1. The Kier molecular flexibility index (Phi) is 6.16. The van der Waals surface area contributed by atoms with Crippen LogP contribution < -0.4 is 10.2 Å². The molecule has 1 aliphatic carbocycles. The molecule has 0 unspecified atom stereocenters. The molecule has 0 spiro atoms. The van der Waals surface area contributed by atoms with Crippen molar-refractivity contribution in [2.24, 2.45) is 0 Å². The van der Waals surface area contributed by atoms with Crippen LogP contribution >= 0.6 is 0 Å². The molecule has 1 aliphatic rings. The van der Waals surface area contributed by atoms with E-state index in [0.717, 1.165) is 25.7 Å². The van der Waals surface area contributed by atoms with Gasteiger partial charge in [-0.15, -0.1) is 0 Å². The minimum Gasteiger partial charge on any atom is -0.491 e. The third kappa shape index (κ3) is 4.18. The summed E-state index contributed by atoms with van der Waals surface area (Å²) in [5.41, 5.74) is -0.428. The standard InChI is InChI=1S/C17H26N2O3/c1-13(20)16-17(21)15(22-2)12-19(18-16)14-10-8-6-4-3-5-7-9-11-14/h12,14H,3-11H2,1-2H3. The van der Waals surface area contributed by atoms with E-state index in [1.54, 1.807) is 10.9 Å². The highest BCUT2D eigenvalue weighted by Crippen LogP contribution is 2.25. The van der Waals surface area contributed by atoms with Crippen molar-refractivity contribution in [2.75, 3.05) is 7.11 Å². The summed E-state index contributed by atoms with van der Waals surface area (Å²) in [6.45, 7) is 1.38. The molecule has 1 heterocycles. The predicted molar refractivity (Wildman–Crippen MR) is 85.6 cm³/mol. The lowest BCUT2D eigenvalue weighted by Crippen LogP contribution is -2.24. The van der Waals surface area contributed by atoms with Gasteiger partial charge < -0.3 is 4.74 Å². The van der Waals surface area contributed by atoms with Crippen molar-refractivity contribution in [1.29, 1.82) is 0 Å². The van der Waals surface area contributed by atoms with Crippen LogP contribution in [0.25, 0.3) is 0 Å². The number of carbonyl (C=O) groups is 1. The Balaban J connectivity index is 2.29. The van der Waals surface area contributed by atoms with Gasteiger partial charge >= 0.3 is 0 Å². The zero-order valence-corrected chi connectivity index (χ0v) is 13.6. The Hall–Kier alpha value is -1.65. The van der Waals surface area contributed by atoms with Crippen molar-refractivity contribution in [3.05, 3.63) is 22.1 Å². The molecule has 0 radical (unpaired) electrons. The predicted octanol–water partition coefficient (Wildman–Crippen LogP) is 3.52. The number of ether oxygens (including phenoxy) is 1. The first-order valence-corrected chi connectivity index (χ1v) is 8.32. The van der Waals surface area contributed by atoms with Crippen molar-refractivity contribution in [1.82, 2.24) is 9.78 Å². The number of methoxy groups -OCH3 is 1. The summed E-state index contributed by atoms with van der Waals surface area (Å²) >= 11 is 0. The molecule has 5 nitrogen and oxygen atoms in total. The first-order chi connectivity index (χ1) is 10.6. The molecule has 1 fully saturated rings. The van der Waals surface area contributed by atoms with Gasteiger partial charge in [0.2, 0.25) is 0 Å². The number of carbonyl (C=O) groups excluding carboxylic acids is 1. The zero-order chi connectivity index (χ0) is 15.9. The Morgan fingerprint density at radius 2 is 1.68 bits per heavy atom. The summed E-state index contributed by atoms with van der Waals surface area (Å²) in [5.74, 6) is -0.102. The van der Waals surface area contributed by atoms with Gasteiger partial charge in [0.25, 0.3) is 5.43 Å². The van der Waals surface area contributed by atoms with E-state index >= 15 is 0 Å². The van der Waals surface area contributed by atoms with Crippen molar-refractivity contribution in [3.63, 3.8) is 0 Å². The molecule has 22 heavy (non-hydrogen) atoms. The van der Waals surface area contributed by atoms with E-state index in [4.69, 9.17) is 4.74 Å². The number of nitrogens with zero attached hydrogens (tertiary/aromatic N) is 2. The molecule has 1 aromatic heterocycles. The summed E-state index contributed by atoms with van der Waals surface area (Å²) in [7, 11) is 1.46. The molecular formula is C17H26N2O3. The molecule has 0 amide bonds. The van der Waals surface area contributed by atoms with Crippen molar-refractivity contribution in [2.45, 2.75) is 70.8 Å². The molecule has 2 rings (SSSR count). The fourth-order valence-corrected chi connectivity index (χ4v) is 3.10. The van der Waals surface area contributed by atoms with Crippen LogP contribution in [0, 0.1) is 0 Å². The Labute approximate surface area is 131 Å². The molecule has 1 saturated carbocycles. The first kappa shape index (κ1) is 16.7. The lowest BCUT2D eigenvalue weighted by atomic mass is 9.97. The van der Waals surface area contributed by atoms with Crippen molar-refractivity contribution >= 4 is 5.78 Å². The topological polar surface area (TPSA) is 61.2 Å². The van der Waals surface area contributed by atoms with Crippen LogP contribution in [-0.4, -0.2) is 22.7 Å². The van der Waals surface area contributed by atoms with Gasteiger partial charge in [-0.1, -0.05) is 44.9 Å². The number of ketones is 1. The van der Waals surface area contributed by atoms with Gasteiger partial charge in [0, 0.05) is 6.92 Å². The number of hydrogen-bond donors (Lipinski definition) is 0. The molecule has 0 saturated heterocycles. The normalized spacial score (nSPS) is 17.9. The van der Waals surface area contributed by atoms with Crippen LogP contribution in [0.4, 0.5) is 0 Å². The Bertz CT molecular complexity index is 556. The second-order valence-corrected chi connectivity index (χ2v) is 6.12. The smallest absolute Gasteiger partial charge is 0.252 e. The third-order valence-corrected chi connectivity index (χ3v) is 4.41. The summed E-state index contributed by atoms with van der Waals surface area (Å²) in [6.07, 6.45) is 12.5. The van der Waals surface area contributed by atoms with E-state index in [1.165, 1.54) is 46.1 Å². The van der Waals surface area contributed by atoms with Gasteiger partial charge in [-0.3, -0.25) is 14.3 Å². The first-order valence-electron chi connectivity index (χ1n) is 8.32. The molecule has 0 bridgehead atoms. The maximum Gasteiger partial charge on any atom is 0.252 e. The quantitative estimate of drug-likeness (QED) is 0.802. The van der Waals surface area contributed by atoms with Gasteiger partial charge in [0.05, 0.1) is 19.3 Å². The van der Waals surface area contributed by atoms with Crippen LogP contribution in [0.3, 0.4) is 0 Å². The van der Waals surface area contributed by atoms with E-state index in [1.807, 2.05) is 0 Å². The number of Topliss-reactive ketones (excluding diaryl/α,β-unsaturated/α-hetero) is 1.